The van der Waals surface area contributed by atoms with Crippen LogP contribution in [0.4, 0.5) is 4.39 Å². The van der Waals surface area contributed by atoms with Crippen molar-refractivity contribution in [3.63, 3.8) is 0 Å². The van der Waals surface area contributed by atoms with E-state index >= 15 is 0 Å². The average Bonchev–Trinajstić information content (AvgIpc) is 3.28. The first-order valence-corrected chi connectivity index (χ1v) is 7.10. The van der Waals surface area contributed by atoms with Crippen LogP contribution in [-0.4, -0.2) is 20.6 Å². The molecule has 0 unspecified atom stereocenters. The lowest BCUT2D eigenvalue weighted by molar-refractivity contribution is 0.0695. The van der Waals surface area contributed by atoms with Crippen LogP contribution in [0.15, 0.2) is 23.6 Å². The number of aromatic nitrogens is 2. The summed E-state index contributed by atoms with van der Waals surface area (Å²) in [5.74, 6) is -2.16. The van der Waals surface area contributed by atoms with Gasteiger partial charge in [-0.25, -0.2) is 14.2 Å². The van der Waals surface area contributed by atoms with Crippen molar-refractivity contribution in [1.29, 1.82) is 0 Å². The van der Waals surface area contributed by atoms with Crippen molar-refractivity contribution in [3.05, 3.63) is 51.2 Å². The Balaban J connectivity index is 2.51. The van der Waals surface area contributed by atoms with Gasteiger partial charge in [-0.2, -0.15) is 0 Å². The van der Waals surface area contributed by atoms with Gasteiger partial charge in [0.05, 0.1) is 5.39 Å². The Morgan fingerprint density at radius 1 is 1.59 bits per heavy atom. The summed E-state index contributed by atoms with van der Waals surface area (Å²) in [6.45, 7) is 3.54. The molecule has 1 aliphatic rings. The zero-order valence-electron chi connectivity index (χ0n) is 11.5. The minimum absolute atomic E-state index is 0.0337. The molecular formula is C15H12ClFN2O3. The van der Waals surface area contributed by atoms with E-state index in [1.54, 1.807) is 4.57 Å². The maximum absolute atomic E-state index is 14.2. The van der Waals surface area contributed by atoms with Crippen LogP contribution in [0.3, 0.4) is 0 Å². The summed E-state index contributed by atoms with van der Waals surface area (Å²) in [7, 11) is 0. The molecule has 22 heavy (non-hydrogen) atoms. The second-order valence-electron chi connectivity index (χ2n) is 5.20. The van der Waals surface area contributed by atoms with E-state index in [-0.39, 0.29) is 34.2 Å². The quantitative estimate of drug-likeness (QED) is 0.694. The van der Waals surface area contributed by atoms with Gasteiger partial charge >= 0.3 is 5.97 Å². The zero-order valence-corrected chi connectivity index (χ0v) is 12.2. The number of pyridine rings is 2. The Hall–Kier alpha value is -2.21. The van der Waals surface area contributed by atoms with Gasteiger partial charge in [0.15, 0.2) is 11.0 Å². The van der Waals surface area contributed by atoms with Gasteiger partial charge in [-0.15, -0.1) is 6.58 Å². The molecule has 7 heteroatoms. The van der Waals surface area contributed by atoms with Crippen LogP contribution in [0.2, 0.25) is 5.15 Å². The molecule has 1 saturated carbocycles. The predicted molar refractivity (Wildman–Crippen MR) is 80.1 cm³/mol. The molecule has 0 bridgehead atoms. The van der Waals surface area contributed by atoms with Gasteiger partial charge in [0.25, 0.3) is 0 Å². The summed E-state index contributed by atoms with van der Waals surface area (Å²) >= 11 is 5.83. The van der Waals surface area contributed by atoms with E-state index in [1.807, 2.05) is 0 Å². The van der Waals surface area contributed by atoms with Crippen LogP contribution in [0, 0.1) is 5.82 Å². The first kappa shape index (κ1) is 14.7. The van der Waals surface area contributed by atoms with Gasteiger partial charge in [-0.1, -0.05) is 17.7 Å². The Kier molecular flexibility index (Phi) is 3.48. The number of allylic oxidation sites excluding steroid dienone is 1. The largest absolute Gasteiger partial charge is 0.477 e. The summed E-state index contributed by atoms with van der Waals surface area (Å²) in [5.41, 5.74) is -0.888. The van der Waals surface area contributed by atoms with Crippen LogP contribution >= 0.6 is 11.6 Å². The van der Waals surface area contributed by atoms with E-state index in [1.165, 1.54) is 12.3 Å². The highest BCUT2D eigenvalue weighted by atomic mass is 35.5. The maximum Gasteiger partial charge on any atom is 0.341 e. The summed E-state index contributed by atoms with van der Waals surface area (Å²) in [6.07, 6.45) is 4.47. The summed E-state index contributed by atoms with van der Waals surface area (Å²) < 4.78 is 15.9. The molecule has 3 rings (SSSR count). The highest BCUT2D eigenvalue weighted by molar-refractivity contribution is 6.30. The van der Waals surface area contributed by atoms with E-state index in [4.69, 9.17) is 11.6 Å². The predicted octanol–water partition coefficient (Wildman–Crippen LogP) is 2.95. The van der Waals surface area contributed by atoms with Crippen LogP contribution < -0.4 is 5.43 Å². The molecule has 0 saturated heterocycles. The lowest BCUT2D eigenvalue weighted by Crippen LogP contribution is -2.21. The van der Waals surface area contributed by atoms with Gasteiger partial charge in [0.1, 0.15) is 11.2 Å². The number of rotatable bonds is 4. The second-order valence-corrected chi connectivity index (χ2v) is 5.56. The van der Waals surface area contributed by atoms with Crippen LogP contribution in [-0.2, 0) is 6.42 Å². The molecule has 1 aliphatic carbocycles. The molecule has 5 nitrogen and oxygen atoms in total. The van der Waals surface area contributed by atoms with E-state index in [2.05, 4.69) is 11.6 Å². The number of carbonyl (C=O) groups is 1. The normalized spacial score (nSPS) is 14.3. The molecule has 0 amide bonds. The van der Waals surface area contributed by atoms with Crippen molar-refractivity contribution in [2.45, 2.75) is 25.3 Å². The number of nitrogens with zero attached hydrogens (tertiary/aromatic N) is 2. The van der Waals surface area contributed by atoms with Crippen molar-refractivity contribution in [3.8, 4) is 0 Å². The fourth-order valence-corrected chi connectivity index (χ4v) is 2.70. The van der Waals surface area contributed by atoms with E-state index < -0.39 is 22.8 Å². The lowest BCUT2D eigenvalue weighted by atomic mass is 10.1. The van der Waals surface area contributed by atoms with Crippen molar-refractivity contribution in [2.24, 2.45) is 0 Å². The molecule has 2 heterocycles. The Bertz CT molecular complexity index is 871. The first-order chi connectivity index (χ1) is 10.5. The van der Waals surface area contributed by atoms with E-state index in [0.29, 0.717) is 0 Å². The molecule has 0 aromatic carbocycles. The van der Waals surface area contributed by atoms with Crippen molar-refractivity contribution in [1.82, 2.24) is 9.55 Å². The molecule has 0 radical (unpaired) electrons. The fourth-order valence-electron chi connectivity index (χ4n) is 2.51. The summed E-state index contributed by atoms with van der Waals surface area (Å²) in [6, 6.07) is 0.0619. The minimum atomic E-state index is -1.35. The minimum Gasteiger partial charge on any atom is -0.477 e. The van der Waals surface area contributed by atoms with Gasteiger partial charge in [-0.05, 0) is 19.3 Å². The number of carboxylic acids is 1. The average molecular weight is 323 g/mol. The molecule has 1 N–H and O–H groups in total. The third-order valence-corrected chi connectivity index (χ3v) is 3.93. The van der Waals surface area contributed by atoms with Gasteiger partial charge in [0.2, 0.25) is 5.43 Å². The number of hydrogen-bond donors (Lipinski definition) is 1. The van der Waals surface area contributed by atoms with Gasteiger partial charge in [0, 0.05) is 17.8 Å². The van der Waals surface area contributed by atoms with E-state index in [0.717, 1.165) is 12.8 Å². The molecule has 2 aromatic rings. The number of aromatic carboxylic acids is 1. The SMILES string of the molecule is C=CCc1c(F)c(Cl)nc2c1c(=O)c(C(=O)O)cn2C1CC1. The zero-order chi connectivity index (χ0) is 16.0. The van der Waals surface area contributed by atoms with Crippen LogP contribution in [0.1, 0.15) is 34.8 Å². The standard InChI is InChI=1S/C15H12ClFN2O3/c1-2-3-8-10-12(20)9(15(21)22)6-19(7-4-5-7)14(10)18-13(16)11(8)17/h2,6-7H,1,3-5H2,(H,21,22). The Morgan fingerprint density at radius 2 is 2.27 bits per heavy atom. The van der Waals surface area contributed by atoms with Gasteiger partial charge in [-0.3, -0.25) is 4.79 Å². The fraction of sp³-hybridized carbons (Fsp3) is 0.267. The molecule has 114 valence electrons. The third kappa shape index (κ3) is 2.20. The molecule has 2 aromatic heterocycles. The molecule has 0 spiro atoms. The second kappa shape index (κ2) is 5.21. The number of fused-ring (bicyclic) bond motifs is 1. The van der Waals surface area contributed by atoms with Crippen LogP contribution in [0.5, 0.6) is 0 Å². The number of hydrogen-bond acceptors (Lipinski definition) is 3. The summed E-state index contributed by atoms with van der Waals surface area (Å²) in [4.78, 5) is 27.7. The summed E-state index contributed by atoms with van der Waals surface area (Å²) in [5, 5.41) is 8.86. The van der Waals surface area contributed by atoms with Crippen LogP contribution in [0.25, 0.3) is 11.0 Å². The topological polar surface area (TPSA) is 72.2 Å². The maximum atomic E-state index is 14.2. The van der Waals surface area contributed by atoms with E-state index in [9.17, 15) is 19.1 Å². The number of halogens is 2. The third-order valence-electron chi connectivity index (χ3n) is 3.68. The van der Waals surface area contributed by atoms with Crippen molar-refractivity contribution < 1.29 is 14.3 Å². The first-order valence-electron chi connectivity index (χ1n) is 6.72. The lowest BCUT2D eigenvalue weighted by Gasteiger charge is -2.14. The highest BCUT2D eigenvalue weighted by Gasteiger charge is 2.29. The van der Waals surface area contributed by atoms with Gasteiger partial charge < -0.3 is 9.67 Å². The number of carboxylic acid groups (broad SMARTS) is 1. The highest BCUT2D eigenvalue weighted by Crippen LogP contribution is 2.37. The van der Waals surface area contributed by atoms with Crippen molar-refractivity contribution >= 4 is 28.6 Å². The monoisotopic (exact) mass is 322 g/mol. The molecule has 0 aliphatic heterocycles. The Morgan fingerprint density at radius 3 is 2.82 bits per heavy atom. The molecule has 0 atom stereocenters. The van der Waals surface area contributed by atoms with Crippen molar-refractivity contribution in [2.75, 3.05) is 0 Å². The Labute approximate surface area is 129 Å². The molecular weight excluding hydrogens is 311 g/mol. The molecule has 1 fully saturated rings. The smallest absolute Gasteiger partial charge is 0.341 e.